The van der Waals surface area contributed by atoms with Gasteiger partial charge in [-0.25, -0.2) is 0 Å². The first-order chi connectivity index (χ1) is 7.24. The molecule has 0 saturated carbocycles. The predicted molar refractivity (Wildman–Crippen MR) is 59.5 cm³/mol. The number of aliphatic carboxylic acids is 2. The molecule has 0 aliphatic heterocycles. The molecule has 0 spiro atoms. The summed E-state index contributed by atoms with van der Waals surface area (Å²) in [6.45, 7) is -0.0576. The predicted octanol–water partition coefficient (Wildman–Crippen LogP) is -1.69. The van der Waals surface area contributed by atoms with Gasteiger partial charge < -0.3 is 25.2 Å². The molecular formula is C9H18N2O4S. The molecule has 0 aliphatic rings. The summed E-state index contributed by atoms with van der Waals surface area (Å²) in [5.41, 5.74) is 5.32. The summed E-state index contributed by atoms with van der Waals surface area (Å²) < 4.78 is 0.301. The Kier molecular flexibility index (Phi) is 6.39. The molecule has 3 N–H and O–H groups in total. The third kappa shape index (κ3) is 7.49. The van der Waals surface area contributed by atoms with Crippen LogP contribution in [0.4, 0.5) is 0 Å². The molecule has 1 atom stereocenters. The van der Waals surface area contributed by atoms with Crippen LogP contribution in [-0.4, -0.2) is 59.8 Å². The van der Waals surface area contributed by atoms with Gasteiger partial charge in [-0.3, -0.25) is 4.79 Å². The lowest BCUT2D eigenvalue weighted by Gasteiger charge is -2.29. The first kappa shape index (κ1) is 15.2. The van der Waals surface area contributed by atoms with Gasteiger partial charge in [-0.15, -0.1) is 11.8 Å². The number of nitrogens with two attached hydrogens (primary N) is 1. The number of carboxylic acids is 2. The number of carbonyl (C=O) groups excluding carboxylic acids is 1. The second-order valence-corrected chi connectivity index (χ2v) is 5.31. The highest BCUT2D eigenvalue weighted by molar-refractivity contribution is 7.99. The van der Waals surface area contributed by atoms with Crippen molar-refractivity contribution in [1.29, 1.82) is 0 Å². The average molecular weight is 250 g/mol. The number of nitrogens with zero attached hydrogens (tertiary/aromatic N) is 1. The standard InChI is InChI=1S/C9H18N2O4S/c1-11(2,5-8(12)13)6-16-4-3-7(10)9(14)15/h7H,3-6,10H2,1-2H3,(H-,12,13,14,15). The lowest BCUT2D eigenvalue weighted by molar-refractivity contribution is -0.871. The van der Waals surface area contributed by atoms with E-state index in [0.717, 1.165) is 0 Å². The molecular weight excluding hydrogens is 232 g/mol. The molecule has 0 aromatic rings. The molecule has 0 rings (SSSR count). The zero-order chi connectivity index (χ0) is 12.8. The van der Waals surface area contributed by atoms with Gasteiger partial charge in [0.15, 0.2) is 0 Å². The molecule has 0 aromatic heterocycles. The van der Waals surface area contributed by atoms with Crippen LogP contribution in [0.1, 0.15) is 6.42 Å². The number of hydrogen-bond donors (Lipinski definition) is 2. The fourth-order valence-electron chi connectivity index (χ4n) is 1.04. The van der Waals surface area contributed by atoms with E-state index in [1.54, 1.807) is 14.1 Å². The highest BCUT2D eigenvalue weighted by Gasteiger charge is 2.16. The molecule has 0 heterocycles. The molecule has 94 valence electrons. The monoisotopic (exact) mass is 250 g/mol. The Morgan fingerprint density at radius 1 is 1.50 bits per heavy atom. The van der Waals surface area contributed by atoms with Crippen molar-refractivity contribution in [3.8, 4) is 0 Å². The number of thioether (sulfide) groups is 1. The largest absolute Gasteiger partial charge is 0.544 e. The van der Waals surface area contributed by atoms with E-state index < -0.39 is 18.0 Å². The molecule has 6 nitrogen and oxygen atoms in total. The van der Waals surface area contributed by atoms with Crippen LogP contribution in [0, 0.1) is 0 Å². The summed E-state index contributed by atoms with van der Waals surface area (Å²) in [5, 5.41) is 18.9. The maximum Gasteiger partial charge on any atom is 0.320 e. The number of carbonyl (C=O) groups is 2. The van der Waals surface area contributed by atoms with Crippen molar-refractivity contribution < 1.29 is 24.3 Å². The smallest absolute Gasteiger partial charge is 0.320 e. The fraction of sp³-hybridized carbons (Fsp3) is 0.778. The fourth-order valence-corrected chi connectivity index (χ4v) is 2.18. The number of hydrogen-bond acceptors (Lipinski definition) is 5. The first-order valence-electron chi connectivity index (χ1n) is 4.82. The van der Waals surface area contributed by atoms with Gasteiger partial charge in [0.25, 0.3) is 0 Å². The lowest BCUT2D eigenvalue weighted by Crippen LogP contribution is -2.48. The quantitative estimate of drug-likeness (QED) is 0.302. The highest BCUT2D eigenvalue weighted by atomic mass is 32.2. The van der Waals surface area contributed by atoms with Gasteiger partial charge in [0.2, 0.25) is 0 Å². The van der Waals surface area contributed by atoms with Crippen LogP contribution in [0.5, 0.6) is 0 Å². The lowest BCUT2D eigenvalue weighted by atomic mass is 10.2. The summed E-state index contributed by atoms with van der Waals surface area (Å²) in [5.74, 6) is -0.917. The topological polar surface area (TPSA) is 103 Å². The second-order valence-electron chi connectivity index (χ2n) is 4.24. The first-order valence-corrected chi connectivity index (χ1v) is 5.98. The van der Waals surface area contributed by atoms with E-state index in [4.69, 9.17) is 10.8 Å². The zero-order valence-corrected chi connectivity index (χ0v) is 10.3. The van der Waals surface area contributed by atoms with E-state index in [1.165, 1.54) is 11.8 Å². The van der Waals surface area contributed by atoms with Crippen molar-refractivity contribution in [3.63, 3.8) is 0 Å². The Bertz CT molecular complexity index is 258. The van der Waals surface area contributed by atoms with Gasteiger partial charge >= 0.3 is 5.97 Å². The number of likely N-dealkylation sites (N-methyl/N-ethyl adjacent to an activating group) is 1. The summed E-state index contributed by atoms with van der Waals surface area (Å²) in [6.07, 6.45) is 0.380. The van der Waals surface area contributed by atoms with Gasteiger partial charge in [-0.05, 0) is 6.42 Å². The molecule has 0 radical (unpaired) electrons. The third-order valence-corrected chi connectivity index (χ3v) is 3.29. The molecule has 0 amide bonds. The van der Waals surface area contributed by atoms with Gasteiger partial charge in [0.1, 0.15) is 18.5 Å². The molecule has 0 fully saturated rings. The highest BCUT2D eigenvalue weighted by Crippen LogP contribution is 2.10. The van der Waals surface area contributed by atoms with Crippen LogP contribution in [0.25, 0.3) is 0 Å². The van der Waals surface area contributed by atoms with Crippen LogP contribution in [0.3, 0.4) is 0 Å². The minimum absolute atomic E-state index is 0.0576. The third-order valence-electron chi connectivity index (χ3n) is 1.89. The molecule has 16 heavy (non-hydrogen) atoms. The summed E-state index contributed by atoms with van der Waals surface area (Å²) in [6, 6.07) is -0.843. The van der Waals surface area contributed by atoms with Gasteiger partial charge in [0.05, 0.1) is 20.1 Å². The minimum atomic E-state index is -1.09. The summed E-state index contributed by atoms with van der Waals surface area (Å²) >= 11 is 1.49. The Labute approximate surface area is 99.0 Å². The molecule has 0 bridgehead atoms. The van der Waals surface area contributed by atoms with Crippen LogP contribution in [0.2, 0.25) is 0 Å². The van der Waals surface area contributed by atoms with Crippen molar-refractivity contribution in [2.45, 2.75) is 12.5 Å². The van der Waals surface area contributed by atoms with Crippen molar-refractivity contribution >= 4 is 23.7 Å². The van der Waals surface area contributed by atoms with E-state index in [0.29, 0.717) is 22.5 Å². The minimum Gasteiger partial charge on any atom is -0.544 e. The van der Waals surface area contributed by atoms with Crippen LogP contribution >= 0.6 is 11.8 Å². The number of rotatable bonds is 8. The maximum absolute atomic E-state index is 10.4. The molecule has 7 heteroatoms. The Morgan fingerprint density at radius 3 is 2.50 bits per heavy atom. The van der Waals surface area contributed by atoms with Crippen molar-refractivity contribution in [3.05, 3.63) is 0 Å². The summed E-state index contributed by atoms with van der Waals surface area (Å²) in [7, 11) is 3.56. The second kappa shape index (κ2) is 6.72. The maximum atomic E-state index is 10.4. The molecule has 1 unspecified atom stereocenters. The van der Waals surface area contributed by atoms with Crippen LogP contribution in [0.15, 0.2) is 0 Å². The van der Waals surface area contributed by atoms with Crippen LogP contribution in [-0.2, 0) is 9.59 Å². The SMILES string of the molecule is C[N+](C)(CSCCC(N)C(=O)O)CC(=O)[O-]. The van der Waals surface area contributed by atoms with Crippen molar-refractivity contribution in [1.82, 2.24) is 0 Å². The van der Waals surface area contributed by atoms with Crippen LogP contribution < -0.4 is 10.8 Å². The normalized spacial score (nSPS) is 13.4. The number of quaternary nitrogens is 1. The average Bonchev–Trinajstić information content (AvgIpc) is 2.09. The Morgan fingerprint density at radius 2 is 2.06 bits per heavy atom. The van der Waals surface area contributed by atoms with E-state index in [9.17, 15) is 14.7 Å². The van der Waals surface area contributed by atoms with Gasteiger partial charge in [0, 0.05) is 5.75 Å². The van der Waals surface area contributed by atoms with Crippen molar-refractivity contribution in [2.75, 3.05) is 32.3 Å². The molecule has 0 saturated heterocycles. The van der Waals surface area contributed by atoms with Gasteiger partial charge in [-0.1, -0.05) is 0 Å². The molecule has 0 aromatic carbocycles. The van der Waals surface area contributed by atoms with Gasteiger partial charge in [-0.2, -0.15) is 0 Å². The van der Waals surface area contributed by atoms with E-state index in [-0.39, 0.29) is 6.54 Å². The Hall–Kier alpha value is -0.790. The molecule has 0 aliphatic carbocycles. The Balaban J connectivity index is 3.73. The van der Waals surface area contributed by atoms with E-state index >= 15 is 0 Å². The van der Waals surface area contributed by atoms with E-state index in [1.807, 2.05) is 0 Å². The summed E-state index contributed by atoms with van der Waals surface area (Å²) in [4.78, 5) is 20.8. The zero-order valence-electron chi connectivity index (χ0n) is 9.51. The van der Waals surface area contributed by atoms with Crippen molar-refractivity contribution in [2.24, 2.45) is 5.73 Å². The number of carboxylic acid groups (broad SMARTS) is 2. The van der Waals surface area contributed by atoms with E-state index in [2.05, 4.69) is 0 Å².